The van der Waals surface area contributed by atoms with Crippen LogP contribution in [0, 0.1) is 0 Å². The number of rotatable bonds is 6. The number of primary amides is 1. The third-order valence-corrected chi connectivity index (χ3v) is 3.48. The summed E-state index contributed by atoms with van der Waals surface area (Å²) in [5.74, 6) is -0.814. The highest BCUT2D eigenvalue weighted by atomic mass is 16.5. The minimum atomic E-state index is -0.728. The second-order valence-electron chi connectivity index (χ2n) is 5.33. The van der Waals surface area contributed by atoms with Crippen molar-refractivity contribution in [1.29, 1.82) is 0 Å². The summed E-state index contributed by atoms with van der Waals surface area (Å²) < 4.78 is 10.3. The lowest BCUT2D eigenvalue weighted by Gasteiger charge is -2.14. The van der Waals surface area contributed by atoms with Gasteiger partial charge in [0, 0.05) is 24.2 Å². The Bertz CT molecular complexity index is 864. The molecule has 0 spiro atoms. The van der Waals surface area contributed by atoms with Crippen LogP contribution >= 0.6 is 0 Å². The molecule has 0 aromatic heterocycles. The summed E-state index contributed by atoms with van der Waals surface area (Å²) >= 11 is 0. The summed E-state index contributed by atoms with van der Waals surface area (Å²) in [6, 6.07) is 9.22. The number of carbonyl (C=O) groups is 3. The fraction of sp³-hybridized carbons (Fsp3) is 0.167. The number of methoxy groups -OCH3 is 2. The zero-order valence-electron chi connectivity index (χ0n) is 14.6. The fourth-order valence-corrected chi connectivity index (χ4v) is 2.32. The van der Waals surface area contributed by atoms with E-state index in [1.54, 1.807) is 18.2 Å². The molecule has 0 atom stereocenters. The highest BCUT2D eigenvalue weighted by molar-refractivity contribution is 6.09. The van der Waals surface area contributed by atoms with Crippen LogP contribution in [0.25, 0.3) is 0 Å². The number of benzene rings is 2. The van der Waals surface area contributed by atoms with Crippen LogP contribution in [0.4, 0.5) is 11.4 Å². The molecule has 0 fully saturated rings. The molecule has 0 heterocycles. The Morgan fingerprint density at radius 3 is 2.19 bits per heavy atom. The van der Waals surface area contributed by atoms with E-state index in [2.05, 4.69) is 10.6 Å². The predicted octanol–water partition coefficient (Wildman–Crippen LogP) is 2.01. The van der Waals surface area contributed by atoms with Gasteiger partial charge in [0.1, 0.15) is 0 Å². The van der Waals surface area contributed by atoms with Gasteiger partial charge < -0.3 is 25.8 Å². The molecule has 0 aliphatic carbocycles. The van der Waals surface area contributed by atoms with Crippen molar-refractivity contribution in [3.63, 3.8) is 0 Å². The molecule has 8 nitrogen and oxygen atoms in total. The summed E-state index contributed by atoms with van der Waals surface area (Å²) in [6.45, 7) is 1.37. The van der Waals surface area contributed by atoms with Gasteiger partial charge >= 0.3 is 0 Å². The van der Waals surface area contributed by atoms with Crippen molar-refractivity contribution in [2.75, 3.05) is 24.9 Å². The van der Waals surface area contributed by atoms with Crippen molar-refractivity contribution in [3.8, 4) is 11.5 Å². The van der Waals surface area contributed by atoms with Gasteiger partial charge in [-0.15, -0.1) is 0 Å². The van der Waals surface area contributed by atoms with Crippen LogP contribution in [0.5, 0.6) is 11.5 Å². The van der Waals surface area contributed by atoms with E-state index in [1.165, 1.54) is 39.3 Å². The van der Waals surface area contributed by atoms with E-state index in [0.29, 0.717) is 22.7 Å². The van der Waals surface area contributed by atoms with Crippen molar-refractivity contribution in [2.45, 2.75) is 6.92 Å². The van der Waals surface area contributed by atoms with E-state index >= 15 is 0 Å². The van der Waals surface area contributed by atoms with Crippen LogP contribution in [0.1, 0.15) is 27.6 Å². The summed E-state index contributed by atoms with van der Waals surface area (Å²) in [6.07, 6.45) is 0. The van der Waals surface area contributed by atoms with Crippen LogP contribution in [0.15, 0.2) is 36.4 Å². The third-order valence-electron chi connectivity index (χ3n) is 3.48. The quantitative estimate of drug-likeness (QED) is 0.730. The Hall–Kier alpha value is -3.55. The average Bonchev–Trinajstić information content (AvgIpc) is 2.60. The van der Waals surface area contributed by atoms with Gasteiger partial charge in [-0.1, -0.05) is 6.07 Å². The lowest BCUT2D eigenvalue weighted by molar-refractivity contribution is -0.114. The van der Waals surface area contributed by atoms with E-state index < -0.39 is 11.8 Å². The number of hydrogen-bond acceptors (Lipinski definition) is 5. The van der Waals surface area contributed by atoms with Crippen molar-refractivity contribution in [1.82, 2.24) is 0 Å². The Morgan fingerprint density at radius 1 is 0.962 bits per heavy atom. The predicted molar refractivity (Wildman–Crippen MR) is 96.8 cm³/mol. The highest BCUT2D eigenvalue weighted by Gasteiger charge is 2.17. The Balaban J connectivity index is 2.36. The number of anilines is 2. The van der Waals surface area contributed by atoms with E-state index in [4.69, 9.17) is 15.2 Å². The Morgan fingerprint density at radius 2 is 1.62 bits per heavy atom. The summed E-state index contributed by atoms with van der Waals surface area (Å²) in [4.78, 5) is 35.4. The maximum atomic E-state index is 12.5. The molecule has 0 radical (unpaired) electrons. The largest absolute Gasteiger partial charge is 0.493 e. The average molecular weight is 357 g/mol. The lowest BCUT2D eigenvalue weighted by Crippen LogP contribution is -2.19. The monoisotopic (exact) mass is 357 g/mol. The van der Waals surface area contributed by atoms with Crippen LogP contribution in [0.3, 0.4) is 0 Å². The normalized spacial score (nSPS) is 9.96. The molecule has 2 rings (SSSR count). The Labute approximate surface area is 150 Å². The fourth-order valence-electron chi connectivity index (χ4n) is 2.32. The smallest absolute Gasteiger partial charge is 0.255 e. The van der Waals surface area contributed by atoms with Crippen LogP contribution in [-0.2, 0) is 4.79 Å². The van der Waals surface area contributed by atoms with Gasteiger partial charge in [0.2, 0.25) is 5.91 Å². The molecule has 0 saturated carbocycles. The number of amides is 3. The molecular formula is C18H19N3O5. The molecule has 2 aromatic carbocycles. The van der Waals surface area contributed by atoms with Crippen molar-refractivity contribution < 1.29 is 23.9 Å². The molecule has 0 saturated heterocycles. The summed E-state index contributed by atoms with van der Waals surface area (Å²) in [5.41, 5.74) is 6.42. The molecule has 3 amide bonds. The van der Waals surface area contributed by atoms with E-state index in [1.807, 2.05) is 0 Å². The zero-order valence-corrected chi connectivity index (χ0v) is 14.6. The minimum absolute atomic E-state index is 0.0778. The first-order valence-corrected chi connectivity index (χ1v) is 7.60. The summed E-state index contributed by atoms with van der Waals surface area (Å²) in [7, 11) is 2.86. The van der Waals surface area contributed by atoms with Gasteiger partial charge in [-0.25, -0.2) is 0 Å². The second kappa shape index (κ2) is 8.02. The van der Waals surface area contributed by atoms with Gasteiger partial charge in [0.25, 0.3) is 11.8 Å². The lowest BCUT2D eigenvalue weighted by atomic mass is 10.1. The number of hydrogen-bond donors (Lipinski definition) is 3. The molecule has 8 heteroatoms. The number of nitrogens with two attached hydrogens (primary N) is 1. The van der Waals surface area contributed by atoms with Gasteiger partial charge in [-0.05, 0) is 24.3 Å². The van der Waals surface area contributed by atoms with E-state index in [0.717, 1.165) is 0 Å². The van der Waals surface area contributed by atoms with Crippen LogP contribution in [-0.4, -0.2) is 31.9 Å². The standard InChI is InChI=1S/C18H19N3O5/c1-10(22)20-12-6-4-5-11(7-12)18(24)21-14-9-16(26-3)15(25-2)8-13(14)17(19)23/h4-9H,1-3H3,(H2,19,23)(H,20,22)(H,21,24). The molecule has 2 aromatic rings. The number of ether oxygens (including phenoxy) is 2. The maximum absolute atomic E-state index is 12.5. The van der Waals surface area contributed by atoms with Gasteiger partial charge in [-0.3, -0.25) is 14.4 Å². The maximum Gasteiger partial charge on any atom is 0.255 e. The van der Waals surface area contributed by atoms with Gasteiger partial charge in [0.15, 0.2) is 11.5 Å². The molecule has 0 aliphatic heterocycles. The first-order chi connectivity index (χ1) is 12.3. The molecular weight excluding hydrogens is 338 g/mol. The van der Waals surface area contributed by atoms with Crippen LogP contribution < -0.4 is 25.8 Å². The number of nitrogens with one attached hydrogen (secondary N) is 2. The van der Waals surface area contributed by atoms with Crippen molar-refractivity contribution in [3.05, 3.63) is 47.5 Å². The SMILES string of the molecule is COc1cc(NC(=O)c2cccc(NC(C)=O)c2)c(C(N)=O)cc1OC. The molecule has 0 aliphatic rings. The second-order valence-corrected chi connectivity index (χ2v) is 5.33. The van der Waals surface area contributed by atoms with Gasteiger partial charge in [0.05, 0.1) is 25.5 Å². The molecule has 0 unspecified atom stereocenters. The Kier molecular flexibility index (Phi) is 5.79. The van der Waals surface area contributed by atoms with Crippen LogP contribution in [0.2, 0.25) is 0 Å². The molecule has 4 N–H and O–H groups in total. The van der Waals surface area contributed by atoms with E-state index in [9.17, 15) is 14.4 Å². The van der Waals surface area contributed by atoms with Gasteiger partial charge in [-0.2, -0.15) is 0 Å². The number of carbonyl (C=O) groups excluding carboxylic acids is 3. The first kappa shape index (κ1) is 18.8. The third kappa shape index (κ3) is 4.29. The highest BCUT2D eigenvalue weighted by Crippen LogP contribution is 2.33. The van der Waals surface area contributed by atoms with Crippen molar-refractivity contribution >= 4 is 29.1 Å². The molecule has 26 heavy (non-hydrogen) atoms. The topological polar surface area (TPSA) is 120 Å². The minimum Gasteiger partial charge on any atom is -0.493 e. The molecule has 0 bridgehead atoms. The van der Waals surface area contributed by atoms with Crippen molar-refractivity contribution in [2.24, 2.45) is 5.73 Å². The molecule has 136 valence electrons. The first-order valence-electron chi connectivity index (χ1n) is 7.60. The summed E-state index contributed by atoms with van der Waals surface area (Å²) in [5, 5.41) is 5.22. The van der Waals surface area contributed by atoms with E-state index in [-0.39, 0.29) is 17.2 Å². The zero-order chi connectivity index (χ0) is 19.3.